The number of benzene rings is 2. The molecular formula is C16H15N3O4S. The van der Waals surface area contributed by atoms with Crippen LogP contribution in [0.15, 0.2) is 53.4 Å². The summed E-state index contributed by atoms with van der Waals surface area (Å²) in [6, 6.07) is 14.0. The number of hydrogen-bond donors (Lipinski definition) is 2. The van der Waals surface area contributed by atoms with E-state index in [0.29, 0.717) is 17.1 Å². The third kappa shape index (κ3) is 4.24. The van der Waals surface area contributed by atoms with Gasteiger partial charge in [-0.1, -0.05) is 12.1 Å². The molecule has 2 aromatic rings. The number of nitrogens with zero attached hydrogens (tertiary/aromatic N) is 1. The number of sulfonamides is 1. The lowest BCUT2D eigenvalue weighted by Gasteiger charge is -2.12. The molecule has 2 rings (SSSR count). The zero-order valence-corrected chi connectivity index (χ0v) is 13.6. The summed E-state index contributed by atoms with van der Waals surface area (Å²) in [4.78, 5) is 11.4. The molecule has 0 bridgehead atoms. The van der Waals surface area contributed by atoms with E-state index in [0.717, 1.165) is 0 Å². The van der Waals surface area contributed by atoms with E-state index in [-0.39, 0.29) is 11.3 Å². The molecule has 0 saturated carbocycles. The Morgan fingerprint density at radius 2 is 1.83 bits per heavy atom. The molecule has 1 amide bonds. The van der Waals surface area contributed by atoms with Crippen LogP contribution in [0.5, 0.6) is 5.75 Å². The van der Waals surface area contributed by atoms with Crippen molar-refractivity contribution in [2.24, 2.45) is 0 Å². The molecule has 24 heavy (non-hydrogen) atoms. The molecule has 0 radical (unpaired) electrons. The van der Waals surface area contributed by atoms with Crippen LogP contribution < -0.4 is 14.8 Å². The van der Waals surface area contributed by atoms with Gasteiger partial charge in [0.2, 0.25) is 5.91 Å². The lowest BCUT2D eigenvalue weighted by molar-refractivity contribution is -0.115. The molecule has 0 saturated heterocycles. The maximum atomic E-state index is 12.4. The fourth-order valence-electron chi connectivity index (χ4n) is 1.93. The normalized spacial score (nSPS) is 10.5. The summed E-state index contributed by atoms with van der Waals surface area (Å²) in [5.41, 5.74) is 0.734. The first kappa shape index (κ1) is 17.3. The second kappa shape index (κ2) is 7.48. The van der Waals surface area contributed by atoms with Crippen molar-refractivity contribution in [3.05, 3.63) is 48.5 Å². The predicted octanol–water partition coefficient (Wildman–Crippen LogP) is 2.35. The van der Waals surface area contributed by atoms with E-state index in [9.17, 15) is 13.2 Å². The fourth-order valence-corrected chi connectivity index (χ4v) is 3.00. The molecule has 7 nitrogen and oxygen atoms in total. The summed E-state index contributed by atoms with van der Waals surface area (Å²) in [6.07, 6.45) is -0.268. The van der Waals surface area contributed by atoms with Crippen molar-refractivity contribution in [2.45, 2.75) is 11.3 Å². The Kier molecular flexibility index (Phi) is 5.39. The van der Waals surface area contributed by atoms with Gasteiger partial charge in [-0.2, -0.15) is 5.26 Å². The van der Waals surface area contributed by atoms with Crippen molar-refractivity contribution >= 4 is 27.3 Å². The highest BCUT2D eigenvalue weighted by Gasteiger charge is 2.16. The number of para-hydroxylation sites is 2. The van der Waals surface area contributed by atoms with Gasteiger partial charge in [0.1, 0.15) is 12.2 Å². The first-order valence-electron chi connectivity index (χ1n) is 6.89. The Labute approximate surface area is 139 Å². The van der Waals surface area contributed by atoms with Gasteiger partial charge in [-0.05, 0) is 36.4 Å². The predicted molar refractivity (Wildman–Crippen MR) is 89.1 cm³/mol. The molecule has 0 aliphatic rings. The summed E-state index contributed by atoms with van der Waals surface area (Å²) in [5.74, 6) is -0.0540. The number of amides is 1. The SMILES string of the molecule is COc1ccccc1NS(=O)(=O)c1ccc(NC(=O)CC#N)cc1. The molecule has 0 atom stereocenters. The van der Waals surface area contributed by atoms with Crippen molar-refractivity contribution in [2.75, 3.05) is 17.1 Å². The molecule has 0 aliphatic heterocycles. The van der Waals surface area contributed by atoms with E-state index in [1.54, 1.807) is 30.3 Å². The van der Waals surface area contributed by atoms with Crippen LogP contribution in [0.4, 0.5) is 11.4 Å². The number of methoxy groups -OCH3 is 1. The number of anilines is 2. The first-order chi connectivity index (χ1) is 11.5. The van der Waals surface area contributed by atoms with E-state index in [4.69, 9.17) is 10.00 Å². The molecule has 8 heteroatoms. The Bertz CT molecular complexity index is 871. The van der Waals surface area contributed by atoms with E-state index < -0.39 is 15.9 Å². The van der Waals surface area contributed by atoms with Gasteiger partial charge in [-0.3, -0.25) is 9.52 Å². The van der Waals surface area contributed by atoms with Gasteiger partial charge in [0, 0.05) is 5.69 Å². The molecule has 2 aromatic carbocycles. The molecule has 2 N–H and O–H groups in total. The first-order valence-corrected chi connectivity index (χ1v) is 8.37. The third-order valence-electron chi connectivity index (χ3n) is 3.04. The summed E-state index contributed by atoms with van der Waals surface area (Å²) >= 11 is 0. The lowest BCUT2D eigenvalue weighted by atomic mass is 10.3. The van der Waals surface area contributed by atoms with Crippen LogP contribution in [0.25, 0.3) is 0 Å². The maximum Gasteiger partial charge on any atom is 0.262 e. The Hall–Kier alpha value is -3.05. The van der Waals surface area contributed by atoms with Crippen molar-refractivity contribution in [3.8, 4) is 11.8 Å². The van der Waals surface area contributed by atoms with Crippen LogP contribution in [-0.4, -0.2) is 21.4 Å². The molecule has 0 fully saturated rings. The topological polar surface area (TPSA) is 108 Å². The number of carbonyl (C=O) groups is 1. The van der Waals surface area contributed by atoms with Crippen molar-refractivity contribution in [3.63, 3.8) is 0 Å². The highest BCUT2D eigenvalue weighted by Crippen LogP contribution is 2.26. The number of ether oxygens (including phenoxy) is 1. The summed E-state index contributed by atoms with van der Waals surface area (Å²) in [7, 11) is -2.35. The van der Waals surface area contributed by atoms with Crippen LogP contribution in [0.1, 0.15) is 6.42 Å². The van der Waals surface area contributed by atoms with Crippen molar-refractivity contribution in [1.29, 1.82) is 5.26 Å². The van der Waals surface area contributed by atoms with Gasteiger partial charge in [0.05, 0.1) is 23.8 Å². The average Bonchev–Trinajstić information content (AvgIpc) is 2.55. The van der Waals surface area contributed by atoms with Crippen LogP contribution >= 0.6 is 0 Å². The second-order valence-electron chi connectivity index (χ2n) is 4.71. The molecule has 0 unspecified atom stereocenters. The Morgan fingerprint density at radius 1 is 1.17 bits per heavy atom. The zero-order chi connectivity index (χ0) is 17.6. The van der Waals surface area contributed by atoms with E-state index in [1.165, 1.54) is 31.4 Å². The van der Waals surface area contributed by atoms with Gasteiger partial charge >= 0.3 is 0 Å². The highest BCUT2D eigenvalue weighted by atomic mass is 32.2. The molecule has 0 aromatic heterocycles. The van der Waals surface area contributed by atoms with Crippen LogP contribution in [-0.2, 0) is 14.8 Å². The number of carbonyl (C=O) groups excluding carboxylic acids is 1. The van der Waals surface area contributed by atoms with Crippen LogP contribution in [0.3, 0.4) is 0 Å². The average molecular weight is 345 g/mol. The monoisotopic (exact) mass is 345 g/mol. The number of hydrogen-bond acceptors (Lipinski definition) is 5. The second-order valence-corrected chi connectivity index (χ2v) is 6.40. The smallest absolute Gasteiger partial charge is 0.262 e. The summed E-state index contributed by atoms with van der Waals surface area (Å²) in [6.45, 7) is 0. The van der Waals surface area contributed by atoms with Gasteiger partial charge in [0.15, 0.2) is 0 Å². The number of nitrogens with one attached hydrogen (secondary N) is 2. The third-order valence-corrected chi connectivity index (χ3v) is 4.42. The lowest BCUT2D eigenvalue weighted by Crippen LogP contribution is -2.14. The van der Waals surface area contributed by atoms with Gasteiger partial charge in [-0.15, -0.1) is 0 Å². The zero-order valence-electron chi connectivity index (χ0n) is 12.8. The summed E-state index contributed by atoms with van der Waals surface area (Å²) in [5, 5.41) is 10.9. The van der Waals surface area contributed by atoms with Crippen molar-refractivity contribution < 1.29 is 17.9 Å². The molecule has 0 aliphatic carbocycles. The van der Waals surface area contributed by atoms with E-state index in [1.807, 2.05) is 0 Å². The molecule has 124 valence electrons. The molecule has 0 heterocycles. The molecule has 0 spiro atoms. The van der Waals surface area contributed by atoms with Gasteiger partial charge in [-0.25, -0.2) is 8.42 Å². The minimum Gasteiger partial charge on any atom is -0.495 e. The highest BCUT2D eigenvalue weighted by molar-refractivity contribution is 7.92. The number of nitriles is 1. The standard InChI is InChI=1S/C16H15N3O4S/c1-23-15-5-3-2-4-14(15)19-24(21,22)13-8-6-12(7-9-13)18-16(20)10-11-17/h2-9,19H,10H2,1H3,(H,18,20). The minimum absolute atomic E-state index is 0.0340. The summed E-state index contributed by atoms with van der Waals surface area (Å²) < 4.78 is 32.4. The van der Waals surface area contributed by atoms with Crippen LogP contribution in [0.2, 0.25) is 0 Å². The van der Waals surface area contributed by atoms with Gasteiger partial charge < -0.3 is 10.1 Å². The quantitative estimate of drug-likeness (QED) is 0.835. The Balaban J connectivity index is 2.18. The van der Waals surface area contributed by atoms with Gasteiger partial charge in [0.25, 0.3) is 10.0 Å². The van der Waals surface area contributed by atoms with Crippen LogP contribution in [0, 0.1) is 11.3 Å². The minimum atomic E-state index is -3.80. The van der Waals surface area contributed by atoms with E-state index >= 15 is 0 Å². The van der Waals surface area contributed by atoms with E-state index in [2.05, 4.69) is 10.0 Å². The van der Waals surface area contributed by atoms with Crippen molar-refractivity contribution in [1.82, 2.24) is 0 Å². The maximum absolute atomic E-state index is 12.4. The molecular weight excluding hydrogens is 330 g/mol. The largest absolute Gasteiger partial charge is 0.495 e. The number of rotatable bonds is 6. The fraction of sp³-hybridized carbons (Fsp3) is 0.125. The Morgan fingerprint density at radius 3 is 2.46 bits per heavy atom.